The Morgan fingerprint density at radius 3 is 2.48 bits per heavy atom. The van der Waals surface area contributed by atoms with E-state index in [1.54, 1.807) is 13.0 Å². The van der Waals surface area contributed by atoms with Gasteiger partial charge < -0.3 is 20.0 Å². The lowest BCUT2D eigenvalue weighted by atomic mass is 9.88. The highest BCUT2D eigenvalue weighted by Gasteiger charge is 2.42. The first kappa shape index (κ1) is 16.7. The number of anilines is 1. The summed E-state index contributed by atoms with van der Waals surface area (Å²) in [6, 6.07) is 11.0. The zero-order chi connectivity index (χ0) is 18.2. The maximum atomic E-state index is 12.6. The maximum Gasteiger partial charge on any atom is 0.339 e. The van der Waals surface area contributed by atoms with Crippen molar-refractivity contribution in [2.75, 3.05) is 5.32 Å². The van der Waals surface area contributed by atoms with Crippen LogP contribution in [0.15, 0.2) is 42.5 Å². The fourth-order valence-electron chi connectivity index (χ4n) is 2.81. The van der Waals surface area contributed by atoms with Crippen molar-refractivity contribution in [3.63, 3.8) is 0 Å². The van der Waals surface area contributed by atoms with Crippen molar-refractivity contribution in [3.8, 4) is 0 Å². The minimum Gasteiger partial charge on any atom is -0.545 e. The number of nitrogens with one attached hydrogen (secondary N) is 1. The number of fused-ring (bicyclic) bond motifs is 1. The lowest BCUT2D eigenvalue weighted by Crippen LogP contribution is -2.48. The number of esters is 1. The Morgan fingerprint density at radius 1 is 1.16 bits per heavy atom. The third-order valence-corrected chi connectivity index (χ3v) is 4.19. The van der Waals surface area contributed by atoms with Crippen molar-refractivity contribution in [1.29, 1.82) is 0 Å². The fourth-order valence-corrected chi connectivity index (χ4v) is 2.81. The lowest BCUT2D eigenvalue weighted by Gasteiger charge is -2.33. The van der Waals surface area contributed by atoms with Gasteiger partial charge in [-0.15, -0.1) is 0 Å². The van der Waals surface area contributed by atoms with Crippen molar-refractivity contribution in [2.45, 2.75) is 25.9 Å². The number of aryl methyl sites for hydroxylation is 1. The van der Waals surface area contributed by atoms with Crippen LogP contribution in [0.25, 0.3) is 0 Å². The largest absolute Gasteiger partial charge is 0.545 e. The molecule has 1 aliphatic rings. The van der Waals surface area contributed by atoms with Crippen LogP contribution in [0.5, 0.6) is 0 Å². The van der Waals surface area contributed by atoms with Gasteiger partial charge in [0.25, 0.3) is 5.91 Å². The van der Waals surface area contributed by atoms with Crippen LogP contribution in [-0.2, 0) is 16.0 Å². The van der Waals surface area contributed by atoms with E-state index in [9.17, 15) is 19.5 Å². The minimum atomic E-state index is -1.34. The summed E-state index contributed by atoms with van der Waals surface area (Å²) in [6.07, 6.45) is 0.263. The zero-order valence-electron chi connectivity index (χ0n) is 13.8. The average Bonchev–Trinajstić information content (AvgIpc) is 2.54. The molecule has 128 valence electrons. The summed E-state index contributed by atoms with van der Waals surface area (Å²) in [7, 11) is 0. The molecule has 1 N–H and O–H groups in total. The van der Waals surface area contributed by atoms with E-state index in [2.05, 4.69) is 5.32 Å². The van der Waals surface area contributed by atoms with Crippen LogP contribution in [0.2, 0.25) is 0 Å². The third kappa shape index (κ3) is 3.24. The molecule has 1 heterocycles. The normalized spacial score (nSPS) is 18.9. The first-order valence-corrected chi connectivity index (χ1v) is 7.74. The van der Waals surface area contributed by atoms with Gasteiger partial charge in [-0.05, 0) is 43.2 Å². The molecule has 1 aliphatic heterocycles. The van der Waals surface area contributed by atoms with Gasteiger partial charge in [0, 0.05) is 12.1 Å². The van der Waals surface area contributed by atoms with E-state index in [4.69, 9.17) is 4.74 Å². The zero-order valence-corrected chi connectivity index (χ0v) is 13.8. The molecular weight excluding hydrogens is 322 g/mol. The molecule has 1 atom stereocenters. The van der Waals surface area contributed by atoms with Crippen LogP contribution < -0.4 is 10.4 Å². The minimum absolute atomic E-state index is 0.0118. The van der Waals surface area contributed by atoms with Crippen LogP contribution in [0.1, 0.15) is 38.8 Å². The molecule has 0 radical (unpaired) electrons. The highest BCUT2D eigenvalue weighted by molar-refractivity contribution is 6.02. The highest BCUT2D eigenvalue weighted by Crippen LogP contribution is 2.30. The molecule has 0 saturated carbocycles. The number of carbonyl (C=O) groups excluding carboxylic acids is 3. The molecule has 0 aromatic heterocycles. The lowest BCUT2D eigenvalue weighted by molar-refractivity contribution is -0.255. The topological polar surface area (TPSA) is 95.5 Å². The van der Waals surface area contributed by atoms with Crippen molar-refractivity contribution in [2.24, 2.45) is 0 Å². The summed E-state index contributed by atoms with van der Waals surface area (Å²) in [5.41, 5.74) is 1.30. The fraction of sp³-hybridized carbons (Fsp3) is 0.211. The van der Waals surface area contributed by atoms with Crippen molar-refractivity contribution < 1.29 is 24.2 Å². The van der Waals surface area contributed by atoms with Crippen LogP contribution >= 0.6 is 0 Å². The Labute approximate surface area is 144 Å². The van der Waals surface area contributed by atoms with Crippen molar-refractivity contribution >= 4 is 23.5 Å². The first-order chi connectivity index (χ1) is 11.8. The summed E-state index contributed by atoms with van der Waals surface area (Å²) < 4.78 is 5.38. The van der Waals surface area contributed by atoms with Gasteiger partial charge in [-0.3, -0.25) is 4.79 Å². The average molecular weight is 338 g/mol. The standard InChI is InChI=1S/C19H17NO5/c1-11-3-8-15-13(9-11)10-19(2,25-17(15)23)18(24)20-14-6-4-12(5-7-14)16(21)22/h3-9H,10H2,1-2H3,(H,20,24)(H,21,22)/p-1/t19-/m0/s1. The van der Waals surface area contributed by atoms with Gasteiger partial charge in [0.15, 0.2) is 5.60 Å². The number of ether oxygens (including phenoxy) is 1. The second-order valence-corrected chi connectivity index (χ2v) is 6.28. The molecule has 3 rings (SSSR count). The number of carboxylic acids is 1. The van der Waals surface area contributed by atoms with Gasteiger partial charge in [0.05, 0.1) is 11.5 Å². The quantitative estimate of drug-likeness (QED) is 0.855. The van der Waals surface area contributed by atoms with Gasteiger partial charge in [-0.25, -0.2) is 4.79 Å². The van der Waals surface area contributed by atoms with Gasteiger partial charge in [-0.1, -0.05) is 29.8 Å². The summed E-state index contributed by atoms with van der Waals surface area (Å²) in [6.45, 7) is 3.47. The van der Waals surface area contributed by atoms with Crippen LogP contribution in [-0.4, -0.2) is 23.4 Å². The summed E-state index contributed by atoms with van der Waals surface area (Å²) in [5.74, 6) is -2.31. The monoisotopic (exact) mass is 338 g/mol. The van der Waals surface area contributed by atoms with Crippen molar-refractivity contribution in [3.05, 3.63) is 64.7 Å². The SMILES string of the molecule is Cc1ccc2c(c1)C[C@@](C)(C(=O)Nc1ccc(C(=O)[O-])cc1)OC2=O. The number of amides is 1. The Bertz CT molecular complexity index is 872. The molecule has 25 heavy (non-hydrogen) atoms. The molecule has 0 spiro atoms. The Morgan fingerprint density at radius 2 is 1.84 bits per heavy atom. The Hall–Kier alpha value is -3.15. The molecular formula is C19H16NO5-. The number of benzene rings is 2. The molecule has 0 saturated heterocycles. The number of rotatable bonds is 3. The van der Waals surface area contributed by atoms with E-state index in [1.165, 1.54) is 24.3 Å². The number of aromatic carboxylic acids is 1. The van der Waals surface area contributed by atoms with Gasteiger partial charge in [0.2, 0.25) is 0 Å². The van der Waals surface area contributed by atoms with E-state index < -0.39 is 23.4 Å². The van der Waals surface area contributed by atoms with Gasteiger partial charge >= 0.3 is 5.97 Å². The first-order valence-electron chi connectivity index (χ1n) is 7.74. The molecule has 0 bridgehead atoms. The smallest absolute Gasteiger partial charge is 0.339 e. The molecule has 6 nitrogen and oxygen atoms in total. The predicted molar refractivity (Wildman–Crippen MR) is 88.1 cm³/mol. The van der Waals surface area contributed by atoms with E-state index >= 15 is 0 Å². The third-order valence-electron chi connectivity index (χ3n) is 4.19. The molecule has 0 aliphatic carbocycles. The summed E-state index contributed by atoms with van der Waals surface area (Å²) >= 11 is 0. The molecule has 1 amide bonds. The van der Waals surface area contributed by atoms with Gasteiger partial charge in [-0.2, -0.15) is 0 Å². The second kappa shape index (κ2) is 6.05. The summed E-state index contributed by atoms with van der Waals surface area (Å²) in [4.78, 5) is 35.6. The van der Waals surface area contributed by atoms with Crippen molar-refractivity contribution in [1.82, 2.24) is 0 Å². The highest BCUT2D eigenvalue weighted by atomic mass is 16.6. The maximum absolute atomic E-state index is 12.6. The molecule has 0 unspecified atom stereocenters. The number of hydrogen-bond acceptors (Lipinski definition) is 5. The predicted octanol–water partition coefficient (Wildman–Crippen LogP) is 1.47. The van der Waals surface area contributed by atoms with Gasteiger partial charge in [0.1, 0.15) is 0 Å². The number of carbonyl (C=O) groups is 3. The summed E-state index contributed by atoms with van der Waals surface area (Å²) in [5, 5.41) is 13.4. The number of carboxylic acid groups (broad SMARTS) is 1. The Kier molecular flexibility index (Phi) is 4.04. The van der Waals surface area contributed by atoms with E-state index in [-0.39, 0.29) is 12.0 Å². The molecule has 2 aromatic rings. The molecule has 2 aromatic carbocycles. The van der Waals surface area contributed by atoms with E-state index in [1.807, 2.05) is 19.1 Å². The van der Waals surface area contributed by atoms with E-state index in [0.717, 1.165) is 11.1 Å². The molecule has 6 heteroatoms. The number of cyclic esters (lactones) is 1. The Balaban J connectivity index is 1.82. The molecule has 0 fully saturated rings. The van der Waals surface area contributed by atoms with E-state index in [0.29, 0.717) is 11.3 Å². The van der Waals surface area contributed by atoms with Crippen LogP contribution in [0, 0.1) is 6.92 Å². The number of hydrogen-bond donors (Lipinski definition) is 1. The second-order valence-electron chi connectivity index (χ2n) is 6.28. The van der Waals surface area contributed by atoms with Crippen LogP contribution in [0.3, 0.4) is 0 Å². The van der Waals surface area contributed by atoms with Crippen LogP contribution in [0.4, 0.5) is 5.69 Å².